The van der Waals surface area contributed by atoms with E-state index in [1.54, 1.807) is 55.4 Å². The predicted molar refractivity (Wildman–Crippen MR) is 289 cm³/mol. The zero-order chi connectivity index (χ0) is 63.1. The fourth-order valence-corrected chi connectivity index (χ4v) is 9.36. The first-order chi connectivity index (χ1) is 38.7. The zero-order valence-corrected chi connectivity index (χ0v) is 49.1. The molecule has 0 aromatic heterocycles. The van der Waals surface area contributed by atoms with Gasteiger partial charge in [-0.2, -0.15) is 0 Å². The number of nitrogens with two attached hydrogens (primary N) is 1. The largest absolute Gasteiger partial charge is 0.480 e. The third kappa shape index (κ3) is 19.9. The molecule has 3 aliphatic rings. The van der Waals surface area contributed by atoms with E-state index in [4.69, 9.17) is 24.7 Å². The number of nitrogens with zero attached hydrogens (tertiary/aromatic N) is 1. The van der Waals surface area contributed by atoms with Gasteiger partial charge in [0.1, 0.15) is 103 Å². The van der Waals surface area contributed by atoms with Crippen LogP contribution in [0.4, 0.5) is 0 Å². The molecule has 0 spiro atoms. The van der Waals surface area contributed by atoms with Gasteiger partial charge < -0.3 is 108 Å². The third-order valence-electron chi connectivity index (χ3n) is 14.3. The minimum Gasteiger partial charge on any atom is -0.480 e. The molecule has 8 unspecified atom stereocenters. The number of ether oxygens (including phenoxy) is 4. The Morgan fingerprint density at radius 3 is 1.55 bits per heavy atom. The van der Waals surface area contributed by atoms with Crippen LogP contribution < -0.4 is 48.3 Å². The molecule has 0 radical (unpaired) electrons. The molecule has 31 nitrogen and oxygen atoms in total. The Morgan fingerprint density at radius 1 is 0.590 bits per heavy atom. The maximum atomic E-state index is 14.3. The number of likely N-dealkylation sites (tertiary alicyclic amines) is 1. The third-order valence-corrected chi connectivity index (χ3v) is 14.3. The lowest BCUT2D eigenvalue weighted by Crippen LogP contribution is -2.68. The van der Waals surface area contributed by atoms with Crippen LogP contribution in [-0.4, -0.2) is 242 Å². The van der Waals surface area contributed by atoms with E-state index >= 15 is 0 Å². The van der Waals surface area contributed by atoms with Crippen LogP contribution in [0, 0.1) is 23.7 Å². The molecule has 83 heavy (non-hydrogen) atoms. The molecule has 3 saturated heterocycles. The molecule has 0 saturated carbocycles. The van der Waals surface area contributed by atoms with Gasteiger partial charge in [0.05, 0.1) is 19.8 Å². The maximum absolute atomic E-state index is 14.3. The van der Waals surface area contributed by atoms with Gasteiger partial charge in [-0.1, -0.05) is 55.4 Å². The minimum atomic E-state index is -1.93. The lowest BCUT2D eigenvalue weighted by Gasteiger charge is -2.47. The van der Waals surface area contributed by atoms with Crippen molar-refractivity contribution >= 4 is 59.1 Å². The molecule has 3 heterocycles. The molecule has 3 fully saturated rings. The zero-order valence-electron chi connectivity index (χ0n) is 49.1. The monoisotopic (exact) mass is 1190 g/mol. The van der Waals surface area contributed by atoms with Crippen molar-refractivity contribution in [1.82, 2.24) is 47.4 Å². The molecule has 0 bridgehead atoms. The SMILES string of the molecule is CC(=O)NC1[C@@H](OC[C@H](N)C(=O)NC(CC(C)C)C(=O)N2CCC[C@H]2C(=O)NC(C)C(=O)N[C@@H](C)C(=O)NC(C(=O)N[C@H](C(=O)NC(C(=O)N[C@@H](C)C(=O)O)C(C)C)C(C)C)C(C)C)OC(CO)[C@H](O)[C@@H]1O[C@@H]1OC(CO)[C@H](O)C(O)[C@@H]1O. The van der Waals surface area contributed by atoms with Crippen molar-refractivity contribution in [3.05, 3.63) is 0 Å². The van der Waals surface area contributed by atoms with E-state index in [1.165, 1.54) is 25.7 Å². The summed E-state index contributed by atoms with van der Waals surface area (Å²) >= 11 is 0. The second kappa shape index (κ2) is 32.5. The number of carbonyl (C=O) groups excluding carboxylic acids is 9. The highest BCUT2D eigenvalue weighted by molar-refractivity contribution is 5.98. The average molecular weight is 1190 g/mol. The van der Waals surface area contributed by atoms with Gasteiger partial charge in [-0.25, -0.2) is 0 Å². The molecule has 9 amide bonds. The van der Waals surface area contributed by atoms with Crippen molar-refractivity contribution in [1.29, 1.82) is 0 Å². The van der Waals surface area contributed by atoms with Gasteiger partial charge in [0.25, 0.3) is 0 Å². The number of aliphatic hydroxyl groups is 6. The van der Waals surface area contributed by atoms with Gasteiger partial charge in [0, 0.05) is 13.5 Å². The summed E-state index contributed by atoms with van der Waals surface area (Å²) in [6, 6.07) is -12.7. The topological polar surface area (TPSA) is 475 Å². The number of hydrogen-bond donors (Lipinski definition) is 16. The van der Waals surface area contributed by atoms with E-state index in [0.717, 1.165) is 6.92 Å². The van der Waals surface area contributed by atoms with Crippen molar-refractivity contribution in [2.24, 2.45) is 29.4 Å². The summed E-state index contributed by atoms with van der Waals surface area (Å²) in [6.07, 6.45) is -14.6. The number of carbonyl (C=O) groups is 10. The first kappa shape index (κ1) is 71.5. The highest BCUT2D eigenvalue weighted by Gasteiger charge is 2.52. The average Bonchev–Trinajstić information content (AvgIpc) is 3.89. The molecule has 31 heteroatoms. The molecule has 3 aliphatic heterocycles. The Hall–Kier alpha value is -5.74. The smallest absolute Gasteiger partial charge is 0.325 e. The van der Waals surface area contributed by atoms with E-state index in [-0.39, 0.29) is 25.3 Å². The highest BCUT2D eigenvalue weighted by Crippen LogP contribution is 2.30. The summed E-state index contributed by atoms with van der Waals surface area (Å²) < 4.78 is 22.8. The molecular weight excluding hydrogens is 1100 g/mol. The minimum absolute atomic E-state index is 0.0773. The number of carboxylic acids is 1. The lowest BCUT2D eigenvalue weighted by atomic mass is 9.95. The Balaban J connectivity index is 1.66. The fraction of sp³-hybridized carbons (Fsp3) is 0.808. The molecule has 474 valence electrons. The fourth-order valence-electron chi connectivity index (χ4n) is 9.36. The summed E-state index contributed by atoms with van der Waals surface area (Å²) in [4.78, 5) is 134. The van der Waals surface area contributed by atoms with Crippen LogP contribution in [-0.2, 0) is 66.9 Å². The quantitative estimate of drug-likeness (QED) is 0.0331. The van der Waals surface area contributed by atoms with Crippen LogP contribution in [0.3, 0.4) is 0 Å². The van der Waals surface area contributed by atoms with Crippen LogP contribution in [0.1, 0.15) is 102 Å². The number of amides is 9. The number of carboxylic acid groups (broad SMARTS) is 1. The van der Waals surface area contributed by atoms with Gasteiger partial charge in [0.2, 0.25) is 53.2 Å². The summed E-state index contributed by atoms with van der Waals surface area (Å²) in [5, 5.41) is 91.7. The van der Waals surface area contributed by atoms with E-state index in [0.29, 0.717) is 6.42 Å². The second-order valence-electron chi connectivity index (χ2n) is 22.8. The Kier molecular flexibility index (Phi) is 28.0. The summed E-state index contributed by atoms with van der Waals surface area (Å²) in [5.74, 6) is -9.79. The van der Waals surface area contributed by atoms with Crippen molar-refractivity contribution in [3.8, 4) is 0 Å². The van der Waals surface area contributed by atoms with Gasteiger partial charge in [0.15, 0.2) is 12.6 Å². The summed E-state index contributed by atoms with van der Waals surface area (Å²) in [6.45, 7) is 16.3. The molecule has 19 atom stereocenters. The molecule has 0 aliphatic carbocycles. The number of nitrogens with one attached hydrogen (secondary N) is 8. The van der Waals surface area contributed by atoms with Gasteiger partial charge in [-0.3, -0.25) is 47.9 Å². The number of aliphatic carboxylic acids is 1. The van der Waals surface area contributed by atoms with Crippen LogP contribution in [0.15, 0.2) is 0 Å². The normalized spacial score (nSPS) is 27.5. The van der Waals surface area contributed by atoms with Gasteiger partial charge >= 0.3 is 5.97 Å². The standard InChI is InChI=1S/C52H90N10O21/c1-20(2)16-29(58-44(72)28(53)19-80-51-36(57-27(12)65)41(38(67)32(18-64)81-51)83-52-40(69)39(68)37(66)31(17-63)82-52)49(77)62-15-13-14-30(62)45(73)55-24(9)42(70)54-25(10)43(71)59-34(22(5)6)47(75)61-35(23(7)8)48(76)60-33(21(3)4)46(74)56-26(11)50(78)79/h20-26,28-41,51-52,63-64,66-69H,13-19,53H2,1-12H3,(H,54,70)(H,55,73)(H,56,74)(H,57,65)(H,58,72)(H,59,71)(H,60,76)(H,61,75)(H,78,79)/t24?,25-,26-,28-,29?,30-,31?,32?,33?,34?,35-,36?,37-,38-,39?,40-,41+,51-,52-/m0/s1. The van der Waals surface area contributed by atoms with E-state index in [9.17, 15) is 83.7 Å². The maximum Gasteiger partial charge on any atom is 0.325 e. The van der Waals surface area contributed by atoms with Crippen LogP contribution in [0.2, 0.25) is 0 Å². The molecule has 0 aromatic rings. The van der Waals surface area contributed by atoms with Crippen molar-refractivity contribution < 1.29 is 103 Å². The number of hydrogen-bond acceptors (Lipinski definition) is 21. The van der Waals surface area contributed by atoms with Gasteiger partial charge in [-0.15, -0.1) is 0 Å². The predicted octanol–water partition coefficient (Wildman–Crippen LogP) is -6.36. The first-order valence-corrected chi connectivity index (χ1v) is 27.9. The van der Waals surface area contributed by atoms with Crippen molar-refractivity contribution in [2.45, 2.75) is 218 Å². The highest BCUT2D eigenvalue weighted by atomic mass is 16.7. The van der Waals surface area contributed by atoms with Crippen LogP contribution in [0.5, 0.6) is 0 Å². The second-order valence-corrected chi connectivity index (χ2v) is 22.8. The van der Waals surface area contributed by atoms with Crippen LogP contribution in [0.25, 0.3) is 0 Å². The first-order valence-electron chi connectivity index (χ1n) is 27.9. The Bertz CT molecular complexity index is 2240. The Labute approximate surface area is 481 Å². The summed E-state index contributed by atoms with van der Waals surface area (Å²) in [5.41, 5.74) is 6.27. The van der Waals surface area contributed by atoms with E-state index < -0.39 is 212 Å². The van der Waals surface area contributed by atoms with Crippen molar-refractivity contribution in [3.63, 3.8) is 0 Å². The molecule has 3 rings (SSSR count). The van der Waals surface area contributed by atoms with Gasteiger partial charge in [-0.05, 0) is 63.7 Å². The molecule has 17 N–H and O–H groups in total. The van der Waals surface area contributed by atoms with E-state index in [1.807, 2.05) is 0 Å². The van der Waals surface area contributed by atoms with Crippen molar-refractivity contribution in [2.75, 3.05) is 26.4 Å². The lowest BCUT2D eigenvalue weighted by molar-refractivity contribution is -0.344. The summed E-state index contributed by atoms with van der Waals surface area (Å²) in [7, 11) is 0. The molecule has 0 aromatic carbocycles. The van der Waals surface area contributed by atoms with Crippen LogP contribution >= 0.6 is 0 Å². The Morgan fingerprint density at radius 2 is 1.06 bits per heavy atom. The molecular formula is C52H90N10O21. The van der Waals surface area contributed by atoms with E-state index in [2.05, 4.69) is 42.5 Å². The number of rotatable bonds is 29. The number of aliphatic hydroxyl groups excluding tert-OH is 6.